The molecule has 0 unspecified atom stereocenters. The molecule has 1 aliphatic heterocycles. The lowest BCUT2D eigenvalue weighted by Crippen LogP contribution is -2.48. The Morgan fingerprint density at radius 1 is 1.11 bits per heavy atom. The van der Waals surface area contributed by atoms with Crippen molar-refractivity contribution in [1.82, 2.24) is 14.8 Å². The summed E-state index contributed by atoms with van der Waals surface area (Å²) in [6.45, 7) is 8.62. The monoisotopic (exact) mass is 382 g/mol. The SMILES string of the molecule is CCOc1ccccc1NC(=O)c1cc(C(=O)N2CCN(CC)CC2)ccn1. The molecule has 148 valence electrons. The van der Waals surface area contributed by atoms with Crippen molar-refractivity contribution in [1.29, 1.82) is 0 Å². The summed E-state index contributed by atoms with van der Waals surface area (Å²) in [4.78, 5) is 33.7. The maximum Gasteiger partial charge on any atom is 0.274 e. The third kappa shape index (κ3) is 4.67. The molecule has 0 radical (unpaired) electrons. The van der Waals surface area contributed by atoms with Crippen LogP contribution in [0.2, 0.25) is 0 Å². The highest BCUT2D eigenvalue weighted by Crippen LogP contribution is 2.24. The molecule has 28 heavy (non-hydrogen) atoms. The van der Waals surface area contributed by atoms with Crippen LogP contribution in [0, 0.1) is 0 Å². The Balaban J connectivity index is 1.71. The highest BCUT2D eigenvalue weighted by Gasteiger charge is 2.22. The van der Waals surface area contributed by atoms with E-state index >= 15 is 0 Å². The van der Waals surface area contributed by atoms with Gasteiger partial charge in [-0.15, -0.1) is 0 Å². The summed E-state index contributed by atoms with van der Waals surface area (Å²) < 4.78 is 5.53. The number of nitrogens with zero attached hydrogens (tertiary/aromatic N) is 3. The van der Waals surface area contributed by atoms with Crippen molar-refractivity contribution >= 4 is 17.5 Å². The fourth-order valence-corrected chi connectivity index (χ4v) is 3.18. The van der Waals surface area contributed by atoms with Gasteiger partial charge in [0.2, 0.25) is 0 Å². The zero-order valence-corrected chi connectivity index (χ0v) is 16.4. The third-order valence-corrected chi connectivity index (χ3v) is 4.78. The van der Waals surface area contributed by atoms with Crippen LogP contribution in [-0.4, -0.2) is 65.9 Å². The zero-order chi connectivity index (χ0) is 19.9. The lowest BCUT2D eigenvalue weighted by molar-refractivity contribution is 0.0643. The minimum absolute atomic E-state index is 0.0677. The van der Waals surface area contributed by atoms with Crippen molar-refractivity contribution in [3.63, 3.8) is 0 Å². The first kappa shape index (κ1) is 19.8. The highest BCUT2D eigenvalue weighted by molar-refractivity contribution is 6.05. The molecule has 1 fully saturated rings. The number of benzene rings is 1. The van der Waals surface area contributed by atoms with Gasteiger partial charge < -0.3 is 19.9 Å². The summed E-state index contributed by atoms with van der Waals surface area (Å²) >= 11 is 0. The van der Waals surface area contributed by atoms with Crippen LogP contribution in [0.15, 0.2) is 42.6 Å². The Morgan fingerprint density at radius 3 is 2.57 bits per heavy atom. The first-order chi connectivity index (χ1) is 13.6. The highest BCUT2D eigenvalue weighted by atomic mass is 16.5. The van der Waals surface area contributed by atoms with Gasteiger partial charge >= 0.3 is 0 Å². The van der Waals surface area contributed by atoms with Crippen molar-refractivity contribution in [2.45, 2.75) is 13.8 Å². The summed E-state index contributed by atoms with van der Waals surface area (Å²) in [7, 11) is 0. The second-order valence-corrected chi connectivity index (χ2v) is 6.54. The van der Waals surface area contributed by atoms with Gasteiger partial charge in [-0.2, -0.15) is 0 Å². The number of piperazine rings is 1. The summed E-state index contributed by atoms with van der Waals surface area (Å²) in [6.07, 6.45) is 1.50. The van der Waals surface area contributed by atoms with Crippen LogP contribution >= 0.6 is 0 Å². The van der Waals surface area contributed by atoms with Crippen LogP contribution in [0.3, 0.4) is 0 Å². The molecule has 1 N–H and O–H groups in total. The van der Waals surface area contributed by atoms with Crippen LogP contribution in [0.25, 0.3) is 0 Å². The Morgan fingerprint density at radius 2 is 1.86 bits per heavy atom. The molecule has 1 aromatic carbocycles. The zero-order valence-electron chi connectivity index (χ0n) is 16.4. The van der Waals surface area contributed by atoms with E-state index in [4.69, 9.17) is 4.74 Å². The lowest BCUT2D eigenvalue weighted by atomic mass is 10.1. The van der Waals surface area contributed by atoms with Crippen LogP contribution in [0.5, 0.6) is 5.75 Å². The maximum absolute atomic E-state index is 12.8. The number of ether oxygens (including phenoxy) is 1. The number of anilines is 1. The van der Waals surface area contributed by atoms with Gasteiger partial charge in [0.15, 0.2) is 0 Å². The standard InChI is InChI=1S/C21H26N4O3/c1-3-24-11-13-25(14-12-24)21(27)16-9-10-22-18(15-16)20(26)23-17-7-5-6-8-19(17)28-4-2/h5-10,15H,3-4,11-14H2,1-2H3,(H,23,26). The molecule has 3 rings (SSSR count). The topological polar surface area (TPSA) is 74.8 Å². The minimum Gasteiger partial charge on any atom is -0.492 e. The van der Waals surface area contributed by atoms with E-state index in [1.165, 1.54) is 6.20 Å². The Hall–Kier alpha value is -2.93. The normalized spacial score (nSPS) is 14.6. The fraction of sp³-hybridized carbons (Fsp3) is 0.381. The van der Waals surface area contributed by atoms with Gasteiger partial charge in [-0.05, 0) is 37.7 Å². The van der Waals surface area contributed by atoms with Gasteiger partial charge in [0.05, 0.1) is 12.3 Å². The molecule has 0 saturated carbocycles. The minimum atomic E-state index is -0.377. The number of nitrogens with one attached hydrogen (secondary N) is 1. The molecule has 1 aromatic heterocycles. The summed E-state index contributed by atoms with van der Waals surface area (Å²) in [5, 5.41) is 2.81. The van der Waals surface area contributed by atoms with Gasteiger partial charge in [-0.1, -0.05) is 19.1 Å². The van der Waals surface area contributed by atoms with Crippen molar-refractivity contribution in [2.75, 3.05) is 44.6 Å². The number of para-hydroxylation sites is 2. The number of carbonyl (C=O) groups excluding carboxylic acids is 2. The van der Waals surface area contributed by atoms with E-state index in [0.29, 0.717) is 36.7 Å². The number of hydrogen-bond acceptors (Lipinski definition) is 5. The van der Waals surface area contributed by atoms with E-state index in [1.54, 1.807) is 24.3 Å². The van der Waals surface area contributed by atoms with Crippen LogP contribution in [-0.2, 0) is 0 Å². The third-order valence-electron chi connectivity index (χ3n) is 4.78. The largest absolute Gasteiger partial charge is 0.492 e. The molecule has 7 heteroatoms. The number of aromatic nitrogens is 1. The van der Waals surface area contributed by atoms with Crippen molar-refractivity contribution in [2.24, 2.45) is 0 Å². The molecule has 0 aliphatic carbocycles. The number of carbonyl (C=O) groups is 2. The lowest BCUT2D eigenvalue weighted by Gasteiger charge is -2.34. The van der Waals surface area contributed by atoms with E-state index in [0.717, 1.165) is 19.6 Å². The van der Waals surface area contributed by atoms with Crippen LogP contribution < -0.4 is 10.1 Å². The number of hydrogen-bond donors (Lipinski definition) is 1. The molecule has 7 nitrogen and oxygen atoms in total. The average molecular weight is 382 g/mol. The Kier molecular flexibility index (Phi) is 6.60. The van der Waals surface area contributed by atoms with E-state index in [2.05, 4.69) is 22.1 Å². The molecular weight excluding hydrogens is 356 g/mol. The first-order valence-electron chi connectivity index (χ1n) is 9.63. The second-order valence-electron chi connectivity index (χ2n) is 6.54. The van der Waals surface area contributed by atoms with E-state index < -0.39 is 0 Å². The van der Waals surface area contributed by atoms with Gasteiger partial charge in [-0.3, -0.25) is 14.6 Å². The van der Waals surface area contributed by atoms with Gasteiger partial charge in [0.1, 0.15) is 11.4 Å². The predicted molar refractivity (Wildman–Crippen MR) is 108 cm³/mol. The van der Waals surface area contributed by atoms with Crippen molar-refractivity contribution in [3.05, 3.63) is 53.9 Å². The van der Waals surface area contributed by atoms with E-state index in [1.807, 2.05) is 24.0 Å². The molecule has 0 spiro atoms. The summed E-state index contributed by atoms with van der Waals surface area (Å²) in [6, 6.07) is 10.4. The first-order valence-corrected chi connectivity index (χ1v) is 9.63. The molecule has 2 heterocycles. The van der Waals surface area contributed by atoms with Crippen LogP contribution in [0.1, 0.15) is 34.7 Å². The Labute approximate surface area is 165 Å². The van der Waals surface area contributed by atoms with E-state index in [-0.39, 0.29) is 17.5 Å². The molecule has 1 aliphatic rings. The molecule has 0 atom stereocenters. The van der Waals surface area contributed by atoms with Gasteiger partial charge in [-0.25, -0.2) is 0 Å². The van der Waals surface area contributed by atoms with Crippen molar-refractivity contribution in [3.8, 4) is 5.75 Å². The van der Waals surface area contributed by atoms with E-state index in [9.17, 15) is 9.59 Å². The molecule has 2 aromatic rings. The number of pyridine rings is 1. The summed E-state index contributed by atoms with van der Waals surface area (Å²) in [5.41, 5.74) is 1.25. The van der Waals surface area contributed by atoms with Crippen molar-refractivity contribution < 1.29 is 14.3 Å². The Bertz CT molecular complexity index is 832. The van der Waals surface area contributed by atoms with Gasteiger partial charge in [0, 0.05) is 37.9 Å². The fourth-order valence-electron chi connectivity index (χ4n) is 3.18. The second kappa shape index (κ2) is 9.32. The van der Waals surface area contributed by atoms with Gasteiger partial charge in [0.25, 0.3) is 11.8 Å². The molecule has 2 amide bonds. The quantitative estimate of drug-likeness (QED) is 0.831. The number of amides is 2. The summed E-state index contributed by atoms with van der Waals surface area (Å²) in [5.74, 6) is 0.152. The predicted octanol–water partition coefficient (Wildman–Crippen LogP) is 2.51. The average Bonchev–Trinajstić information content (AvgIpc) is 2.75. The molecule has 1 saturated heterocycles. The smallest absolute Gasteiger partial charge is 0.274 e. The number of likely N-dealkylation sites (N-methyl/N-ethyl adjacent to an activating group) is 1. The number of rotatable bonds is 6. The molecule has 0 bridgehead atoms. The maximum atomic E-state index is 12.8. The molecular formula is C21H26N4O3. The van der Waals surface area contributed by atoms with Crippen LogP contribution in [0.4, 0.5) is 5.69 Å².